The molecule has 2 heteroatoms. The maximum absolute atomic E-state index is 2.38. The second-order valence-electron chi connectivity index (χ2n) is 5.95. The van der Waals surface area contributed by atoms with E-state index < -0.39 is 0 Å². The van der Waals surface area contributed by atoms with Gasteiger partial charge in [0.2, 0.25) is 0 Å². The van der Waals surface area contributed by atoms with Gasteiger partial charge in [0.25, 0.3) is 5.65 Å². The maximum Gasteiger partial charge on any atom is 0.295 e. The molecule has 0 amide bonds. The summed E-state index contributed by atoms with van der Waals surface area (Å²) in [6, 6.07) is 19.4. The molecule has 0 N–H and O–H groups in total. The molecular formula is C20H19N2+. The molecule has 0 atom stereocenters. The number of aryl methyl sites for hydroxylation is 3. The van der Waals surface area contributed by atoms with Crippen molar-refractivity contribution in [2.75, 3.05) is 0 Å². The summed E-state index contributed by atoms with van der Waals surface area (Å²) in [6.45, 7) is 4.36. The van der Waals surface area contributed by atoms with Gasteiger partial charge in [-0.25, -0.2) is 4.57 Å². The van der Waals surface area contributed by atoms with E-state index in [1.54, 1.807) is 0 Å². The molecule has 0 aliphatic carbocycles. The highest BCUT2D eigenvalue weighted by Crippen LogP contribution is 2.32. The standard InChI is InChI=1S/C20H19N2/c1-14-8-4-6-10-17(14)22-18-11-7-5-9-16(18)19-15(2)12-13-21(3)20(19)22/h4-13H,1-3H3/q+1. The fourth-order valence-corrected chi connectivity index (χ4v) is 3.38. The summed E-state index contributed by atoms with van der Waals surface area (Å²) >= 11 is 0. The Morgan fingerprint density at radius 2 is 1.55 bits per heavy atom. The highest BCUT2D eigenvalue weighted by atomic mass is 15.1. The minimum absolute atomic E-state index is 1.25. The number of rotatable bonds is 1. The molecule has 2 nitrogen and oxygen atoms in total. The van der Waals surface area contributed by atoms with Gasteiger partial charge in [0.05, 0.1) is 18.6 Å². The van der Waals surface area contributed by atoms with Crippen LogP contribution < -0.4 is 4.57 Å². The van der Waals surface area contributed by atoms with Crippen LogP contribution in [0.3, 0.4) is 0 Å². The van der Waals surface area contributed by atoms with Crippen molar-refractivity contribution in [1.82, 2.24) is 4.57 Å². The zero-order chi connectivity index (χ0) is 15.3. The molecule has 4 aromatic rings. The van der Waals surface area contributed by atoms with E-state index in [1.807, 2.05) is 0 Å². The molecule has 22 heavy (non-hydrogen) atoms. The fraction of sp³-hybridized carbons (Fsp3) is 0.150. The largest absolute Gasteiger partial charge is 0.295 e. The van der Waals surface area contributed by atoms with Gasteiger partial charge in [-0.15, -0.1) is 0 Å². The van der Waals surface area contributed by atoms with Crippen LogP contribution in [0.1, 0.15) is 11.1 Å². The third kappa shape index (κ3) is 1.70. The fourth-order valence-electron chi connectivity index (χ4n) is 3.38. The molecule has 2 aromatic heterocycles. The molecule has 0 spiro atoms. The molecule has 0 aliphatic heterocycles. The van der Waals surface area contributed by atoms with Gasteiger partial charge in [-0.3, -0.25) is 0 Å². The molecule has 4 rings (SSSR count). The van der Waals surface area contributed by atoms with Crippen LogP contribution >= 0.6 is 0 Å². The first-order valence-corrected chi connectivity index (χ1v) is 7.63. The van der Waals surface area contributed by atoms with Crippen molar-refractivity contribution < 1.29 is 4.57 Å². The topological polar surface area (TPSA) is 8.81 Å². The van der Waals surface area contributed by atoms with Crippen LogP contribution in [-0.2, 0) is 7.05 Å². The van der Waals surface area contributed by atoms with E-state index in [-0.39, 0.29) is 0 Å². The molecule has 0 saturated heterocycles. The van der Waals surface area contributed by atoms with E-state index in [4.69, 9.17) is 0 Å². The van der Waals surface area contributed by atoms with Crippen LogP contribution in [0.25, 0.3) is 27.6 Å². The molecule has 0 radical (unpaired) electrons. The molecule has 2 aromatic carbocycles. The summed E-state index contributed by atoms with van der Waals surface area (Å²) in [4.78, 5) is 0. The lowest BCUT2D eigenvalue weighted by atomic mass is 10.1. The summed E-state index contributed by atoms with van der Waals surface area (Å²) in [7, 11) is 2.12. The number of benzene rings is 2. The quantitative estimate of drug-likeness (QED) is 0.463. The Kier molecular flexibility index (Phi) is 2.80. The predicted octanol–water partition coefficient (Wildman–Crippen LogP) is 4.23. The van der Waals surface area contributed by atoms with Gasteiger partial charge >= 0.3 is 0 Å². The third-order valence-electron chi connectivity index (χ3n) is 4.48. The number of nitrogens with zero attached hydrogens (tertiary/aromatic N) is 2. The molecule has 0 unspecified atom stereocenters. The van der Waals surface area contributed by atoms with Gasteiger partial charge in [-0.1, -0.05) is 30.3 Å². The van der Waals surface area contributed by atoms with Crippen molar-refractivity contribution in [2.24, 2.45) is 7.05 Å². The molecule has 2 heterocycles. The summed E-state index contributed by atoms with van der Waals surface area (Å²) in [5.74, 6) is 0. The van der Waals surface area contributed by atoms with Crippen molar-refractivity contribution in [3.63, 3.8) is 0 Å². The van der Waals surface area contributed by atoms with Crippen molar-refractivity contribution in [1.29, 1.82) is 0 Å². The number of aromatic nitrogens is 2. The summed E-state index contributed by atoms with van der Waals surface area (Å²) < 4.78 is 4.60. The van der Waals surface area contributed by atoms with Crippen molar-refractivity contribution in [3.05, 3.63) is 71.9 Å². The maximum atomic E-state index is 2.38. The molecule has 0 bridgehead atoms. The second-order valence-corrected chi connectivity index (χ2v) is 5.95. The normalized spacial score (nSPS) is 11.4. The summed E-state index contributed by atoms with van der Waals surface area (Å²) in [5, 5.41) is 2.65. The predicted molar refractivity (Wildman–Crippen MR) is 91.4 cm³/mol. The zero-order valence-electron chi connectivity index (χ0n) is 13.2. The average molecular weight is 287 g/mol. The smallest absolute Gasteiger partial charge is 0.236 e. The van der Waals surface area contributed by atoms with Crippen LogP contribution in [0, 0.1) is 13.8 Å². The number of hydrogen-bond donors (Lipinski definition) is 0. The Hall–Kier alpha value is -2.61. The van der Waals surface area contributed by atoms with Crippen molar-refractivity contribution >= 4 is 21.9 Å². The molecule has 0 aliphatic rings. The van der Waals surface area contributed by atoms with Gasteiger partial charge in [0.15, 0.2) is 0 Å². The van der Waals surface area contributed by atoms with Gasteiger partial charge in [-0.2, -0.15) is 4.57 Å². The highest BCUT2D eigenvalue weighted by molar-refractivity contribution is 6.08. The highest BCUT2D eigenvalue weighted by Gasteiger charge is 2.23. The lowest BCUT2D eigenvalue weighted by molar-refractivity contribution is -0.647. The number of para-hydroxylation sites is 2. The SMILES string of the molecule is Cc1ccccc1-n1c2ccccc2c2c(C)cc[n+](C)c21. The van der Waals surface area contributed by atoms with Crippen LogP contribution in [0.15, 0.2) is 60.8 Å². The van der Waals surface area contributed by atoms with Gasteiger partial charge in [0.1, 0.15) is 11.2 Å². The number of hydrogen-bond acceptors (Lipinski definition) is 0. The first kappa shape index (κ1) is 13.1. The van der Waals surface area contributed by atoms with E-state index in [1.165, 1.54) is 38.8 Å². The van der Waals surface area contributed by atoms with E-state index in [2.05, 4.69) is 90.8 Å². The Balaban J connectivity index is 2.31. The number of pyridine rings is 1. The molecule has 108 valence electrons. The van der Waals surface area contributed by atoms with E-state index >= 15 is 0 Å². The van der Waals surface area contributed by atoms with Crippen LogP contribution in [0.2, 0.25) is 0 Å². The Bertz CT molecular complexity index is 1010. The first-order chi connectivity index (χ1) is 10.7. The molecule has 0 fully saturated rings. The van der Waals surface area contributed by atoms with Crippen LogP contribution in [0.5, 0.6) is 0 Å². The first-order valence-electron chi connectivity index (χ1n) is 7.63. The lowest BCUT2D eigenvalue weighted by Gasteiger charge is -2.05. The zero-order valence-corrected chi connectivity index (χ0v) is 13.2. The minimum Gasteiger partial charge on any atom is -0.236 e. The van der Waals surface area contributed by atoms with E-state index in [0.717, 1.165) is 0 Å². The summed E-state index contributed by atoms with van der Waals surface area (Å²) in [5.41, 5.74) is 6.35. The molecular weight excluding hydrogens is 268 g/mol. The lowest BCUT2D eigenvalue weighted by Crippen LogP contribution is -2.30. The van der Waals surface area contributed by atoms with Crippen molar-refractivity contribution in [3.8, 4) is 5.69 Å². The monoisotopic (exact) mass is 287 g/mol. The average Bonchev–Trinajstić information content (AvgIpc) is 2.88. The number of fused-ring (bicyclic) bond motifs is 3. The molecule has 0 saturated carbocycles. The Morgan fingerprint density at radius 1 is 0.818 bits per heavy atom. The van der Waals surface area contributed by atoms with Crippen LogP contribution in [-0.4, -0.2) is 4.57 Å². The van der Waals surface area contributed by atoms with Gasteiger partial charge in [0, 0.05) is 5.39 Å². The Labute approximate surface area is 130 Å². The van der Waals surface area contributed by atoms with Gasteiger partial charge in [-0.05, 0) is 49.2 Å². The third-order valence-corrected chi connectivity index (χ3v) is 4.48. The Morgan fingerprint density at radius 3 is 2.36 bits per heavy atom. The van der Waals surface area contributed by atoms with Crippen LogP contribution in [0.4, 0.5) is 0 Å². The van der Waals surface area contributed by atoms with E-state index in [0.29, 0.717) is 0 Å². The van der Waals surface area contributed by atoms with Gasteiger partial charge < -0.3 is 0 Å². The summed E-state index contributed by atoms with van der Waals surface area (Å²) in [6.07, 6.45) is 2.14. The van der Waals surface area contributed by atoms with E-state index in [9.17, 15) is 0 Å². The second kappa shape index (κ2) is 4.70. The minimum atomic E-state index is 1.25. The van der Waals surface area contributed by atoms with Crippen molar-refractivity contribution in [2.45, 2.75) is 13.8 Å².